The van der Waals surface area contributed by atoms with Crippen molar-refractivity contribution in [1.29, 1.82) is 0 Å². The summed E-state index contributed by atoms with van der Waals surface area (Å²) in [7, 11) is 0. The van der Waals surface area contributed by atoms with Crippen molar-refractivity contribution in [3.63, 3.8) is 0 Å². The molecule has 1 heterocycles. The maximum Gasteiger partial charge on any atom is 0.272 e. The minimum Gasteiger partial charge on any atom is -0.441 e. The number of hydrogen-bond acceptors (Lipinski definition) is 5. The Morgan fingerprint density at radius 1 is 1.50 bits per heavy atom. The van der Waals surface area contributed by atoms with E-state index in [0.29, 0.717) is 18.9 Å². The first-order chi connectivity index (χ1) is 8.61. The fourth-order valence-electron chi connectivity index (χ4n) is 1.49. The summed E-state index contributed by atoms with van der Waals surface area (Å²) in [5.41, 5.74) is 5.17. The number of nitrogens with zero attached hydrogens (tertiary/aromatic N) is 2. The van der Waals surface area contributed by atoms with Crippen LogP contribution in [0.15, 0.2) is 28.8 Å². The van der Waals surface area contributed by atoms with Gasteiger partial charge in [-0.3, -0.25) is 10.1 Å². The van der Waals surface area contributed by atoms with Crippen LogP contribution < -0.4 is 5.73 Å². The van der Waals surface area contributed by atoms with E-state index in [0.717, 1.165) is 6.07 Å². The van der Waals surface area contributed by atoms with E-state index in [1.807, 2.05) is 0 Å². The molecule has 0 radical (unpaired) electrons. The van der Waals surface area contributed by atoms with Crippen molar-refractivity contribution < 1.29 is 13.7 Å². The molecule has 0 saturated carbocycles. The first-order valence-corrected chi connectivity index (χ1v) is 5.21. The fraction of sp³-hybridized carbons (Fsp3) is 0.182. The number of nitro benzene ring substituents is 1. The lowest BCUT2D eigenvalue weighted by Gasteiger charge is -1.98. The van der Waals surface area contributed by atoms with E-state index in [2.05, 4.69) is 4.98 Å². The Kier molecular flexibility index (Phi) is 3.33. The summed E-state index contributed by atoms with van der Waals surface area (Å²) in [6.45, 7) is 0.378. The molecule has 0 fully saturated rings. The third-order valence-electron chi connectivity index (χ3n) is 2.34. The van der Waals surface area contributed by atoms with Crippen LogP contribution in [0.3, 0.4) is 0 Å². The first kappa shape index (κ1) is 12.2. The number of nitrogens with two attached hydrogens (primary N) is 1. The number of non-ortho nitro benzene ring substituents is 1. The molecule has 6 nitrogen and oxygen atoms in total. The third-order valence-corrected chi connectivity index (χ3v) is 2.34. The molecule has 0 unspecified atom stereocenters. The maximum atomic E-state index is 13.7. The van der Waals surface area contributed by atoms with Gasteiger partial charge in [0.05, 0.1) is 22.7 Å². The Balaban J connectivity index is 2.35. The van der Waals surface area contributed by atoms with Crippen LogP contribution in [0.25, 0.3) is 11.3 Å². The molecule has 2 aromatic rings. The highest BCUT2D eigenvalue weighted by Gasteiger charge is 2.15. The largest absolute Gasteiger partial charge is 0.441 e. The Morgan fingerprint density at radius 3 is 2.89 bits per heavy atom. The molecule has 0 amide bonds. The molecule has 94 valence electrons. The number of oxazole rings is 1. The van der Waals surface area contributed by atoms with E-state index < -0.39 is 10.7 Å². The molecule has 7 heteroatoms. The molecular weight excluding hydrogens is 241 g/mol. The molecule has 1 aromatic carbocycles. The second-order valence-electron chi connectivity index (χ2n) is 3.58. The maximum absolute atomic E-state index is 13.7. The van der Waals surface area contributed by atoms with Crippen molar-refractivity contribution in [2.45, 2.75) is 6.42 Å². The monoisotopic (exact) mass is 251 g/mol. The SMILES string of the molecule is NCCc1ncc(-c2ccc([N+](=O)[O-])cc2F)o1. The molecule has 2 rings (SSSR count). The van der Waals surface area contributed by atoms with Gasteiger partial charge in [-0.25, -0.2) is 9.37 Å². The van der Waals surface area contributed by atoms with Crippen molar-refractivity contribution in [3.05, 3.63) is 46.2 Å². The second-order valence-corrected chi connectivity index (χ2v) is 3.58. The van der Waals surface area contributed by atoms with Crippen LogP contribution in [0.1, 0.15) is 5.89 Å². The zero-order valence-electron chi connectivity index (χ0n) is 9.30. The summed E-state index contributed by atoms with van der Waals surface area (Å²) in [6, 6.07) is 3.35. The quantitative estimate of drug-likeness (QED) is 0.661. The lowest BCUT2D eigenvalue weighted by molar-refractivity contribution is -0.385. The van der Waals surface area contributed by atoms with Crippen molar-refractivity contribution >= 4 is 5.69 Å². The number of rotatable bonds is 4. The van der Waals surface area contributed by atoms with Gasteiger partial charge in [0.1, 0.15) is 5.82 Å². The van der Waals surface area contributed by atoms with Crippen molar-refractivity contribution in [1.82, 2.24) is 4.98 Å². The van der Waals surface area contributed by atoms with Gasteiger partial charge in [0.25, 0.3) is 5.69 Å². The van der Waals surface area contributed by atoms with Crippen LogP contribution in [-0.2, 0) is 6.42 Å². The summed E-state index contributed by atoms with van der Waals surface area (Å²) in [6.07, 6.45) is 1.82. The van der Waals surface area contributed by atoms with E-state index >= 15 is 0 Å². The molecule has 0 aliphatic heterocycles. The van der Waals surface area contributed by atoms with Gasteiger partial charge in [0.15, 0.2) is 11.7 Å². The molecule has 0 spiro atoms. The Bertz CT molecular complexity index is 583. The van der Waals surface area contributed by atoms with Crippen molar-refractivity contribution in [3.8, 4) is 11.3 Å². The van der Waals surface area contributed by atoms with E-state index in [1.54, 1.807) is 0 Å². The molecule has 0 aliphatic rings. The zero-order valence-corrected chi connectivity index (χ0v) is 9.30. The number of nitro groups is 1. The Hall–Kier alpha value is -2.28. The number of aromatic nitrogens is 1. The Labute approximate surface area is 101 Å². The summed E-state index contributed by atoms with van der Waals surface area (Å²) in [5.74, 6) is -0.0873. The second kappa shape index (κ2) is 4.92. The van der Waals surface area contributed by atoms with Crippen LogP contribution in [0.2, 0.25) is 0 Å². The predicted octanol–water partition coefficient (Wildman–Crippen LogP) is 1.89. The topological polar surface area (TPSA) is 95.2 Å². The zero-order chi connectivity index (χ0) is 13.1. The standard InChI is InChI=1S/C11H10FN3O3/c12-9-5-7(15(16)17)1-2-8(9)10-6-14-11(18-10)3-4-13/h1-2,5-6H,3-4,13H2. The minimum absolute atomic E-state index is 0.136. The molecule has 0 saturated heterocycles. The lowest BCUT2D eigenvalue weighted by atomic mass is 10.1. The summed E-state index contributed by atoms with van der Waals surface area (Å²) < 4.78 is 19.0. The average Bonchev–Trinajstić information content (AvgIpc) is 2.77. The van der Waals surface area contributed by atoms with Crippen LogP contribution in [0, 0.1) is 15.9 Å². The van der Waals surface area contributed by atoms with Crippen LogP contribution in [0.5, 0.6) is 0 Å². The van der Waals surface area contributed by atoms with Gasteiger partial charge in [-0.2, -0.15) is 0 Å². The third kappa shape index (κ3) is 2.35. The van der Waals surface area contributed by atoms with Crippen molar-refractivity contribution in [2.75, 3.05) is 6.54 Å². The number of benzene rings is 1. The summed E-state index contributed by atoms with van der Waals surface area (Å²) in [5, 5.41) is 10.5. The average molecular weight is 251 g/mol. The summed E-state index contributed by atoms with van der Waals surface area (Å²) in [4.78, 5) is 13.8. The van der Waals surface area contributed by atoms with Gasteiger partial charge < -0.3 is 10.2 Å². The van der Waals surface area contributed by atoms with E-state index in [1.165, 1.54) is 18.3 Å². The highest BCUT2D eigenvalue weighted by Crippen LogP contribution is 2.26. The van der Waals surface area contributed by atoms with E-state index in [4.69, 9.17) is 10.2 Å². The van der Waals surface area contributed by atoms with Crippen LogP contribution >= 0.6 is 0 Å². The Morgan fingerprint density at radius 2 is 2.28 bits per heavy atom. The van der Waals surface area contributed by atoms with Gasteiger partial charge in [-0.1, -0.05) is 0 Å². The molecule has 18 heavy (non-hydrogen) atoms. The highest BCUT2D eigenvalue weighted by atomic mass is 19.1. The van der Waals surface area contributed by atoms with Gasteiger partial charge >= 0.3 is 0 Å². The predicted molar refractivity (Wildman–Crippen MR) is 61.3 cm³/mol. The first-order valence-electron chi connectivity index (χ1n) is 5.21. The highest BCUT2D eigenvalue weighted by molar-refractivity contribution is 5.59. The fourth-order valence-corrected chi connectivity index (χ4v) is 1.49. The normalized spacial score (nSPS) is 10.6. The molecule has 1 aromatic heterocycles. The van der Waals surface area contributed by atoms with Crippen molar-refractivity contribution in [2.24, 2.45) is 5.73 Å². The molecule has 0 bridgehead atoms. The van der Waals surface area contributed by atoms with Gasteiger partial charge in [-0.05, 0) is 6.07 Å². The van der Waals surface area contributed by atoms with E-state index in [9.17, 15) is 14.5 Å². The number of hydrogen-bond donors (Lipinski definition) is 1. The molecular formula is C11H10FN3O3. The van der Waals surface area contributed by atoms with Gasteiger partial charge in [0, 0.05) is 19.0 Å². The molecule has 0 aliphatic carbocycles. The van der Waals surface area contributed by atoms with Crippen LogP contribution in [-0.4, -0.2) is 16.5 Å². The lowest BCUT2D eigenvalue weighted by Crippen LogP contribution is -2.02. The summed E-state index contributed by atoms with van der Waals surface area (Å²) >= 11 is 0. The van der Waals surface area contributed by atoms with Crippen LogP contribution in [0.4, 0.5) is 10.1 Å². The minimum atomic E-state index is -0.723. The van der Waals surface area contributed by atoms with E-state index in [-0.39, 0.29) is 17.0 Å². The molecule has 2 N–H and O–H groups in total. The smallest absolute Gasteiger partial charge is 0.272 e. The van der Waals surface area contributed by atoms with Gasteiger partial charge in [-0.15, -0.1) is 0 Å². The number of halogens is 1. The van der Waals surface area contributed by atoms with Gasteiger partial charge in [0.2, 0.25) is 0 Å². The molecule has 0 atom stereocenters.